The molecular formula is C16H23NOS. The van der Waals surface area contributed by atoms with Crippen LogP contribution in [0.4, 0.5) is 0 Å². The number of piperidine rings is 1. The number of hydrogen-bond donors (Lipinski definition) is 0. The van der Waals surface area contributed by atoms with E-state index in [0.29, 0.717) is 11.8 Å². The molecule has 0 aromatic heterocycles. The molecule has 1 heterocycles. The van der Waals surface area contributed by atoms with Gasteiger partial charge in [0.15, 0.2) is 0 Å². The number of carbonyl (C=O) groups is 1. The Morgan fingerprint density at radius 2 is 2.16 bits per heavy atom. The number of benzene rings is 1. The summed E-state index contributed by atoms with van der Waals surface area (Å²) in [6.07, 6.45) is 2.41. The molecule has 1 fully saturated rings. The van der Waals surface area contributed by atoms with Gasteiger partial charge in [-0.25, -0.2) is 0 Å². The number of thioether (sulfide) groups is 1. The van der Waals surface area contributed by atoms with Crippen LogP contribution in [0.2, 0.25) is 0 Å². The summed E-state index contributed by atoms with van der Waals surface area (Å²) in [6, 6.07) is 10.4. The SMILES string of the molecule is C[C@@H]1CCCN(C(=O)[C@H](C)SCc2ccccc2)C1. The molecule has 0 N–H and O–H groups in total. The highest BCUT2D eigenvalue weighted by molar-refractivity contribution is 7.99. The van der Waals surface area contributed by atoms with E-state index in [4.69, 9.17) is 0 Å². The fraction of sp³-hybridized carbons (Fsp3) is 0.562. The summed E-state index contributed by atoms with van der Waals surface area (Å²) in [5, 5.41) is 0.0607. The van der Waals surface area contributed by atoms with Gasteiger partial charge in [0.25, 0.3) is 0 Å². The molecule has 2 nitrogen and oxygen atoms in total. The normalized spacial score (nSPS) is 21.2. The summed E-state index contributed by atoms with van der Waals surface area (Å²) < 4.78 is 0. The molecule has 3 heteroatoms. The van der Waals surface area contributed by atoms with Crippen LogP contribution in [-0.2, 0) is 10.5 Å². The van der Waals surface area contributed by atoms with Crippen molar-refractivity contribution in [3.63, 3.8) is 0 Å². The highest BCUT2D eigenvalue weighted by atomic mass is 32.2. The zero-order valence-electron chi connectivity index (χ0n) is 11.8. The number of likely N-dealkylation sites (tertiary alicyclic amines) is 1. The first kappa shape index (κ1) is 14.4. The molecule has 104 valence electrons. The van der Waals surface area contributed by atoms with Gasteiger partial charge in [-0.1, -0.05) is 37.3 Å². The third-order valence-corrected chi connectivity index (χ3v) is 4.86. The molecule has 1 aliphatic heterocycles. The minimum absolute atomic E-state index is 0.0607. The summed E-state index contributed by atoms with van der Waals surface area (Å²) in [6.45, 7) is 6.16. The number of hydrogen-bond acceptors (Lipinski definition) is 2. The molecule has 0 aliphatic carbocycles. The Bertz CT molecular complexity index is 406. The average Bonchev–Trinajstić information content (AvgIpc) is 2.45. The zero-order chi connectivity index (χ0) is 13.7. The second-order valence-corrected chi connectivity index (χ2v) is 6.80. The number of nitrogens with zero attached hydrogens (tertiary/aromatic N) is 1. The van der Waals surface area contributed by atoms with Gasteiger partial charge in [0.05, 0.1) is 5.25 Å². The predicted octanol–water partition coefficient (Wildman–Crippen LogP) is 3.57. The molecule has 0 unspecified atom stereocenters. The van der Waals surface area contributed by atoms with Crippen molar-refractivity contribution in [2.45, 2.75) is 37.7 Å². The van der Waals surface area contributed by atoms with Crippen molar-refractivity contribution in [1.82, 2.24) is 4.90 Å². The molecule has 2 rings (SSSR count). The maximum absolute atomic E-state index is 12.4. The predicted molar refractivity (Wildman–Crippen MR) is 82.2 cm³/mol. The van der Waals surface area contributed by atoms with E-state index in [1.54, 1.807) is 11.8 Å². The van der Waals surface area contributed by atoms with Crippen LogP contribution in [0.15, 0.2) is 30.3 Å². The van der Waals surface area contributed by atoms with E-state index in [0.717, 1.165) is 25.3 Å². The van der Waals surface area contributed by atoms with Gasteiger partial charge in [-0.3, -0.25) is 4.79 Å². The third kappa shape index (κ3) is 4.27. The van der Waals surface area contributed by atoms with Crippen LogP contribution < -0.4 is 0 Å². The Hall–Kier alpha value is -0.960. The van der Waals surface area contributed by atoms with Gasteiger partial charge in [-0.05, 0) is 31.2 Å². The van der Waals surface area contributed by atoms with Gasteiger partial charge in [-0.2, -0.15) is 0 Å². The van der Waals surface area contributed by atoms with Crippen molar-refractivity contribution in [2.24, 2.45) is 5.92 Å². The topological polar surface area (TPSA) is 20.3 Å². The van der Waals surface area contributed by atoms with Gasteiger partial charge >= 0.3 is 0 Å². The third-order valence-electron chi connectivity index (χ3n) is 3.66. The Labute approximate surface area is 120 Å². The van der Waals surface area contributed by atoms with E-state index in [-0.39, 0.29) is 5.25 Å². The van der Waals surface area contributed by atoms with E-state index in [2.05, 4.69) is 36.1 Å². The summed E-state index contributed by atoms with van der Waals surface area (Å²) in [5.74, 6) is 1.88. The van der Waals surface area contributed by atoms with Crippen LogP contribution in [0, 0.1) is 5.92 Å². The summed E-state index contributed by atoms with van der Waals surface area (Å²) in [7, 11) is 0. The van der Waals surface area contributed by atoms with Gasteiger partial charge in [0.1, 0.15) is 0 Å². The summed E-state index contributed by atoms with van der Waals surface area (Å²) in [5.41, 5.74) is 1.29. The monoisotopic (exact) mass is 277 g/mol. The maximum Gasteiger partial charge on any atom is 0.235 e. The Balaban J connectivity index is 1.82. The largest absolute Gasteiger partial charge is 0.341 e. The zero-order valence-corrected chi connectivity index (χ0v) is 12.7. The fourth-order valence-corrected chi connectivity index (χ4v) is 3.44. The lowest BCUT2D eigenvalue weighted by Crippen LogP contribution is -2.42. The molecule has 1 saturated heterocycles. The molecule has 1 aliphatic rings. The second kappa shape index (κ2) is 6.99. The Morgan fingerprint density at radius 1 is 1.42 bits per heavy atom. The molecule has 1 aromatic rings. The first-order chi connectivity index (χ1) is 9.16. The van der Waals surface area contributed by atoms with Crippen LogP contribution in [0.1, 0.15) is 32.3 Å². The first-order valence-corrected chi connectivity index (χ1v) is 8.16. The minimum Gasteiger partial charge on any atom is -0.341 e. The molecule has 0 bridgehead atoms. The molecule has 0 saturated carbocycles. The lowest BCUT2D eigenvalue weighted by atomic mass is 10.0. The van der Waals surface area contributed by atoms with Crippen molar-refractivity contribution in [3.05, 3.63) is 35.9 Å². The van der Waals surface area contributed by atoms with E-state index >= 15 is 0 Å². The fourth-order valence-electron chi connectivity index (χ4n) is 2.51. The molecular weight excluding hydrogens is 254 g/mol. The Kier molecular flexibility index (Phi) is 5.32. The highest BCUT2D eigenvalue weighted by Crippen LogP contribution is 2.22. The molecule has 1 amide bonds. The number of carbonyl (C=O) groups excluding carboxylic acids is 1. The molecule has 2 atom stereocenters. The van der Waals surface area contributed by atoms with Crippen LogP contribution >= 0.6 is 11.8 Å². The van der Waals surface area contributed by atoms with E-state index in [1.165, 1.54) is 12.0 Å². The van der Waals surface area contributed by atoms with Gasteiger partial charge in [-0.15, -0.1) is 11.8 Å². The lowest BCUT2D eigenvalue weighted by Gasteiger charge is -2.32. The van der Waals surface area contributed by atoms with Crippen molar-refractivity contribution >= 4 is 17.7 Å². The number of rotatable bonds is 4. The van der Waals surface area contributed by atoms with E-state index < -0.39 is 0 Å². The molecule has 0 spiro atoms. The second-order valence-electron chi connectivity index (χ2n) is 5.47. The smallest absolute Gasteiger partial charge is 0.235 e. The van der Waals surface area contributed by atoms with Gasteiger partial charge in [0.2, 0.25) is 5.91 Å². The van der Waals surface area contributed by atoms with Crippen molar-refractivity contribution in [3.8, 4) is 0 Å². The summed E-state index contributed by atoms with van der Waals surface area (Å²) >= 11 is 1.74. The van der Waals surface area contributed by atoms with E-state index in [1.807, 2.05) is 13.0 Å². The van der Waals surface area contributed by atoms with Crippen LogP contribution in [0.5, 0.6) is 0 Å². The quantitative estimate of drug-likeness (QED) is 0.838. The molecule has 1 aromatic carbocycles. The van der Waals surface area contributed by atoms with Gasteiger partial charge in [0, 0.05) is 18.8 Å². The standard InChI is InChI=1S/C16H23NOS/c1-13-7-6-10-17(11-13)16(18)14(2)19-12-15-8-4-3-5-9-15/h3-5,8-9,13-14H,6-7,10-12H2,1-2H3/t13-,14+/m1/s1. The molecule has 19 heavy (non-hydrogen) atoms. The van der Waals surface area contributed by atoms with Crippen molar-refractivity contribution < 1.29 is 4.79 Å². The average molecular weight is 277 g/mol. The Morgan fingerprint density at radius 3 is 2.84 bits per heavy atom. The van der Waals surface area contributed by atoms with Crippen molar-refractivity contribution in [2.75, 3.05) is 13.1 Å². The lowest BCUT2D eigenvalue weighted by molar-refractivity contribution is -0.131. The van der Waals surface area contributed by atoms with Crippen LogP contribution in [-0.4, -0.2) is 29.1 Å². The highest BCUT2D eigenvalue weighted by Gasteiger charge is 2.24. The van der Waals surface area contributed by atoms with E-state index in [9.17, 15) is 4.79 Å². The minimum atomic E-state index is 0.0607. The molecule has 0 radical (unpaired) electrons. The van der Waals surface area contributed by atoms with Gasteiger partial charge < -0.3 is 4.90 Å². The van der Waals surface area contributed by atoms with Crippen molar-refractivity contribution in [1.29, 1.82) is 0 Å². The number of amides is 1. The summed E-state index contributed by atoms with van der Waals surface area (Å²) in [4.78, 5) is 14.4. The maximum atomic E-state index is 12.4. The van der Waals surface area contributed by atoms with Crippen LogP contribution in [0.25, 0.3) is 0 Å². The van der Waals surface area contributed by atoms with Crippen LogP contribution in [0.3, 0.4) is 0 Å². The first-order valence-electron chi connectivity index (χ1n) is 7.11.